The lowest BCUT2D eigenvalue weighted by Gasteiger charge is -2.33. The highest BCUT2D eigenvalue weighted by Gasteiger charge is 2.32. The number of ether oxygens (including phenoxy) is 2. The molecule has 1 aliphatic carbocycles. The van der Waals surface area contributed by atoms with Crippen LogP contribution in [-0.4, -0.2) is 40.7 Å². The maximum Gasteiger partial charge on any atom is 0.315 e. The number of unbranched alkanes of at least 4 members (excludes halogenated alkanes) is 2. The summed E-state index contributed by atoms with van der Waals surface area (Å²) in [5, 5.41) is 0. The van der Waals surface area contributed by atoms with Crippen molar-refractivity contribution in [3.05, 3.63) is 0 Å². The van der Waals surface area contributed by atoms with Crippen LogP contribution in [0, 0.1) is 0 Å². The summed E-state index contributed by atoms with van der Waals surface area (Å²) in [5.74, 6) is 0.513. The van der Waals surface area contributed by atoms with Crippen molar-refractivity contribution in [3.8, 4) is 0 Å². The molecule has 0 N–H and O–H groups in total. The summed E-state index contributed by atoms with van der Waals surface area (Å²) in [6.45, 7) is 5.22. The number of hydrogen-bond donors (Lipinski definition) is 0. The number of thioether (sulfide) groups is 2. The molecule has 0 aliphatic heterocycles. The molecule has 4 nitrogen and oxygen atoms in total. The van der Waals surface area contributed by atoms with Crippen LogP contribution in [0.2, 0.25) is 0 Å². The zero-order chi connectivity index (χ0) is 21.9. The van der Waals surface area contributed by atoms with Gasteiger partial charge in [0.25, 0.3) is 0 Å². The summed E-state index contributed by atoms with van der Waals surface area (Å²) in [6, 6.07) is 0. The fourth-order valence-electron chi connectivity index (χ4n) is 3.61. The highest BCUT2D eigenvalue weighted by Crippen LogP contribution is 2.46. The van der Waals surface area contributed by atoms with Crippen LogP contribution in [0.4, 0.5) is 0 Å². The number of rotatable bonds is 12. The van der Waals surface area contributed by atoms with Gasteiger partial charge in [-0.05, 0) is 25.7 Å². The predicted octanol–water partition coefficient (Wildman–Crippen LogP) is 7.14. The van der Waals surface area contributed by atoms with Crippen molar-refractivity contribution < 1.29 is 19.1 Å². The topological polar surface area (TPSA) is 52.6 Å². The minimum absolute atomic E-state index is 0.0905. The summed E-state index contributed by atoms with van der Waals surface area (Å²) in [5.41, 5.74) is 0. The van der Waals surface area contributed by atoms with Crippen LogP contribution in [0.15, 0.2) is 0 Å². The molecule has 1 aliphatic rings. The molecule has 0 radical (unpaired) electrons. The molecule has 0 aromatic rings. The second-order valence-corrected chi connectivity index (χ2v) is 11.3. The van der Waals surface area contributed by atoms with Crippen molar-refractivity contribution in [3.63, 3.8) is 0 Å². The molecule has 0 heterocycles. The zero-order valence-electron chi connectivity index (χ0n) is 19.4. The van der Waals surface area contributed by atoms with Gasteiger partial charge in [0.05, 0.1) is 28.8 Å². The standard InChI is InChI=1S/C24H44O4S2/c1-3-5-18-27-22(25)20-29-24(30-21-23(26)28-19-6-4-2)16-14-12-10-8-7-9-11-13-15-17-24/h3-21H2,1-2H3. The molecule has 30 heavy (non-hydrogen) atoms. The summed E-state index contributed by atoms with van der Waals surface area (Å²) in [7, 11) is 0. The van der Waals surface area contributed by atoms with Crippen LogP contribution in [0.25, 0.3) is 0 Å². The molecule has 1 saturated carbocycles. The molecule has 0 aromatic carbocycles. The fourth-order valence-corrected chi connectivity index (χ4v) is 6.38. The van der Waals surface area contributed by atoms with Gasteiger partial charge in [-0.25, -0.2) is 0 Å². The van der Waals surface area contributed by atoms with Crippen LogP contribution in [0.3, 0.4) is 0 Å². The molecule has 0 atom stereocenters. The number of carbonyl (C=O) groups is 2. The average molecular weight is 461 g/mol. The van der Waals surface area contributed by atoms with Crippen molar-refractivity contribution in [2.75, 3.05) is 24.7 Å². The molecular formula is C24H44O4S2. The Kier molecular flexibility index (Phi) is 16.8. The van der Waals surface area contributed by atoms with Crippen molar-refractivity contribution in [2.45, 2.75) is 114 Å². The molecular weight excluding hydrogens is 416 g/mol. The third-order valence-corrected chi connectivity index (χ3v) is 8.88. The van der Waals surface area contributed by atoms with Crippen molar-refractivity contribution >= 4 is 35.5 Å². The Morgan fingerprint density at radius 2 is 1.03 bits per heavy atom. The number of hydrogen-bond acceptors (Lipinski definition) is 6. The van der Waals surface area contributed by atoms with E-state index in [-0.39, 0.29) is 16.0 Å². The van der Waals surface area contributed by atoms with Gasteiger partial charge in [-0.1, -0.05) is 84.5 Å². The van der Waals surface area contributed by atoms with E-state index in [1.807, 2.05) is 0 Å². The zero-order valence-corrected chi connectivity index (χ0v) is 21.0. The number of esters is 2. The molecule has 0 saturated heterocycles. The Labute approximate surface area is 193 Å². The lowest BCUT2D eigenvalue weighted by atomic mass is 10.0. The van der Waals surface area contributed by atoms with Gasteiger partial charge in [0.15, 0.2) is 0 Å². The van der Waals surface area contributed by atoms with E-state index in [2.05, 4.69) is 13.8 Å². The van der Waals surface area contributed by atoms with E-state index in [0.29, 0.717) is 24.7 Å². The quantitative estimate of drug-likeness (QED) is 0.175. The largest absolute Gasteiger partial charge is 0.465 e. The molecule has 0 aromatic heterocycles. The van der Waals surface area contributed by atoms with E-state index < -0.39 is 0 Å². The number of carbonyl (C=O) groups excluding carboxylic acids is 2. The Morgan fingerprint density at radius 3 is 1.40 bits per heavy atom. The Hall–Kier alpha value is -0.360. The first-order valence-electron chi connectivity index (χ1n) is 12.2. The Morgan fingerprint density at radius 1 is 0.667 bits per heavy atom. The molecule has 0 bridgehead atoms. The lowest BCUT2D eigenvalue weighted by Crippen LogP contribution is -2.26. The molecule has 0 amide bonds. The normalized spacial score (nSPS) is 18.1. The van der Waals surface area contributed by atoms with E-state index in [4.69, 9.17) is 9.47 Å². The van der Waals surface area contributed by atoms with Gasteiger partial charge < -0.3 is 9.47 Å². The van der Waals surface area contributed by atoms with Crippen molar-refractivity contribution in [1.29, 1.82) is 0 Å². The van der Waals surface area contributed by atoms with Gasteiger partial charge in [-0.3, -0.25) is 9.59 Å². The Bertz CT molecular complexity index is 416. The van der Waals surface area contributed by atoms with Gasteiger partial charge in [-0.15, -0.1) is 23.5 Å². The Balaban J connectivity index is 2.69. The summed E-state index contributed by atoms with van der Waals surface area (Å²) in [4.78, 5) is 24.5. The van der Waals surface area contributed by atoms with Gasteiger partial charge in [-0.2, -0.15) is 0 Å². The third-order valence-electron chi connectivity index (χ3n) is 5.54. The SMILES string of the molecule is CCCCOC(=O)CSC1(SCC(=O)OCCCC)CCCCCCCCCCC1. The fraction of sp³-hybridized carbons (Fsp3) is 0.917. The minimum Gasteiger partial charge on any atom is -0.465 e. The van der Waals surface area contributed by atoms with Gasteiger partial charge in [0, 0.05) is 0 Å². The molecule has 176 valence electrons. The molecule has 1 fully saturated rings. The highest BCUT2D eigenvalue weighted by molar-refractivity contribution is 8.18. The van der Waals surface area contributed by atoms with E-state index in [1.165, 1.54) is 44.9 Å². The summed E-state index contributed by atoms with van der Waals surface area (Å²) in [6.07, 6.45) is 17.4. The highest BCUT2D eigenvalue weighted by atomic mass is 32.2. The van der Waals surface area contributed by atoms with Crippen LogP contribution < -0.4 is 0 Å². The van der Waals surface area contributed by atoms with Crippen LogP contribution >= 0.6 is 23.5 Å². The molecule has 0 spiro atoms. The predicted molar refractivity (Wildman–Crippen MR) is 130 cm³/mol. The summed E-state index contributed by atoms with van der Waals surface area (Å²) < 4.78 is 10.7. The van der Waals surface area contributed by atoms with Gasteiger partial charge in [0.1, 0.15) is 0 Å². The minimum atomic E-state index is -0.120. The van der Waals surface area contributed by atoms with Crippen LogP contribution in [0.5, 0.6) is 0 Å². The maximum absolute atomic E-state index is 12.2. The van der Waals surface area contributed by atoms with Crippen LogP contribution in [-0.2, 0) is 19.1 Å². The van der Waals surface area contributed by atoms with E-state index in [9.17, 15) is 9.59 Å². The molecule has 6 heteroatoms. The van der Waals surface area contributed by atoms with Crippen molar-refractivity contribution in [1.82, 2.24) is 0 Å². The first-order chi connectivity index (χ1) is 14.6. The van der Waals surface area contributed by atoms with Crippen LogP contribution in [0.1, 0.15) is 110 Å². The van der Waals surface area contributed by atoms with Gasteiger partial charge >= 0.3 is 11.9 Å². The van der Waals surface area contributed by atoms with E-state index >= 15 is 0 Å². The van der Waals surface area contributed by atoms with Crippen molar-refractivity contribution in [2.24, 2.45) is 0 Å². The second-order valence-electron chi connectivity index (χ2n) is 8.32. The average Bonchev–Trinajstić information content (AvgIpc) is 2.73. The monoisotopic (exact) mass is 460 g/mol. The molecule has 1 rings (SSSR count). The smallest absolute Gasteiger partial charge is 0.315 e. The van der Waals surface area contributed by atoms with E-state index in [1.54, 1.807) is 23.5 Å². The first kappa shape index (κ1) is 27.7. The second kappa shape index (κ2) is 18.2. The van der Waals surface area contributed by atoms with Gasteiger partial charge in [0.2, 0.25) is 0 Å². The third kappa shape index (κ3) is 13.8. The lowest BCUT2D eigenvalue weighted by molar-refractivity contribution is -0.141. The first-order valence-corrected chi connectivity index (χ1v) is 14.2. The summed E-state index contributed by atoms with van der Waals surface area (Å²) >= 11 is 3.43. The molecule has 0 unspecified atom stereocenters. The maximum atomic E-state index is 12.2. The van der Waals surface area contributed by atoms with E-state index in [0.717, 1.165) is 51.4 Å².